The van der Waals surface area contributed by atoms with Gasteiger partial charge in [-0.25, -0.2) is 4.98 Å². The predicted octanol–water partition coefficient (Wildman–Crippen LogP) is 1.91. The molecular formula is C12H20N4O. The Bertz CT molecular complexity index is 396. The van der Waals surface area contributed by atoms with Gasteiger partial charge in [-0.2, -0.15) is 4.98 Å². The number of nitrogens with zero attached hydrogens (tertiary/aromatic N) is 2. The summed E-state index contributed by atoms with van der Waals surface area (Å²) in [6.07, 6.45) is 3.88. The maximum atomic E-state index is 5.94. The third-order valence-corrected chi connectivity index (χ3v) is 3.83. The molecule has 5 heteroatoms. The largest absolute Gasteiger partial charge is 0.479 e. The first-order chi connectivity index (χ1) is 8.13. The lowest BCUT2D eigenvalue weighted by molar-refractivity contribution is 0.399. The van der Waals surface area contributed by atoms with Crippen LogP contribution in [0.5, 0.6) is 5.88 Å². The Kier molecular flexibility index (Phi) is 3.36. The van der Waals surface area contributed by atoms with Gasteiger partial charge < -0.3 is 15.8 Å². The van der Waals surface area contributed by atoms with Crippen molar-refractivity contribution in [3.63, 3.8) is 0 Å². The highest BCUT2D eigenvalue weighted by Crippen LogP contribution is 2.34. The Labute approximate surface area is 102 Å². The number of hydrogen-bond donors (Lipinski definition) is 2. The van der Waals surface area contributed by atoms with Crippen molar-refractivity contribution in [3.05, 3.63) is 6.33 Å². The maximum absolute atomic E-state index is 5.94. The molecule has 1 aromatic heterocycles. The van der Waals surface area contributed by atoms with Gasteiger partial charge in [0.05, 0.1) is 7.11 Å². The van der Waals surface area contributed by atoms with Crippen molar-refractivity contribution in [2.45, 2.75) is 32.7 Å². The molecule has 0 radical (unpaired) electrons. The number of anilines is 2. The highest BCUT2D eigenvalue weighted by molar-refractivity contribution is 5.66. The number of ether oxygens (including phenoxy) is 1. The summed E-state index contributed by atoms with van der Waals surface area (Å²) in [5.74, 6) is 2.50. The molecule has 1 fully saturated rings. The van der Waals surface area contributed by atoms with Crippen LogP contribution in [0.2, 0.25) is 0 Å². The van der Waals surface area contributed by atoms with E-state index in [1.807, 2.05) is 0 Å². The van der Waals surface area contributed by atoms with Crippen LogP contribution in [-0.2, 0) is 0 Å². The maximum Gasteiger partial charge on any atom is 0.242 e. The standard InChI is InChI=1S/C12H20N4O/c1-7-4-5-9(8(7)2)16-11-10(13)12(17-3)15-6-14-11/h6-9H,4-5,13H2,1-3H3,(H,14,15,16). The molecule has 5 nitrogen and oxygen atoms in total. The van der Waals surface area contributed by atoms with Crippen LogP contribution in [0, 0.1) is 11.8 Å². The summed E-state index contributed by atoms with van der Waals surface area (Å²) in [5, 5.41) is 3.41. The van der Waals surface area contributed by atoms with Crippen LogP contribution >= 0.6 is 0 Å². The molecule has 0 bridgehead atoms. The van der Waals surface area contributed by atoms with Crippen molar-refractivity contribution < 1.29 is 4.74 Å². The van der Waals surface area contributed by atoms with Crippen LogP contribution in [-0.4, -0.2) is 23.1 Å². The first-order valence-electron chi connectivity index (χ1n) is 6.04. The molecule has 2 rings (SSSR count). The molecule has 94 valence electrons. The van der Waals surface area contributed by atoms with E-state index in [1.165, 1.54) is 12.7 Å². The van der Waals surface area contributed by atoms with Crippen LogP contribution in [0.15, 0.2) is 6.33 Å². The predicted molar refractivity (Wildman–Crippen MR) is 68.0 cm³/mol. The molecule has 0 amide bonds. The van der Waals surface area contributed by atoms with Crippen LogP contribution < -0.4 is 15.8 Å². The summed E-state index contributed by atoms with van der Waals surface area (Å²) in [6, 6.07) is 0.437. The molecule has 1 aliphatic carbocycles. The molecule has 3 atom stereocenters. The lowest BCUT2D eigenvalue weighted by Gasteiger charge is -2.21. The Morgan fingerprint density at radius 2 is 2.12 bits per heavy atom. The van der Waals surface area contributed by atoms with Crippen molar-refractivity contribution in [1.82, 2.24) is 9.97 Å². The van der Waals surface area contributed by atoms with Crippen LogP contribution in [0.1, 0.15) is 26.7 Å². The van der Waals surface area contributed by atoms with Gasteiger partial charge in [-0.1, -0.05) is 13.8 Å². The zero-order chi connectivity index (χ0) is 12.4. The smallest absolute Gasteiger partial charge is 0.242 e. The lowest BCUT2D eigenvalue weighted by Crippen LogP contribution is -2.25. The van der Waals surface area contributed by atoms with Gasteiger partial charge in [0.15, 0.2) is 5.82 Å². The van der Waals surface area contributed by atoms with Crippen molar-refractivity contribution in [2.24, 2.45) is 11.8 Å². The molecule has 0 spiro atoms. The van der Waals surface area contributed by atoms with E-state index in [0.29, 0.717) is 29.3 Å². The first-order valence-corrected chi connectivity index (χ1v) is 6.04. The minimum atomic E-state index is 0.432. The van der Waals surface area contributed by atoms with E-state index in [4.69, 9.17) is 10.5 Å². The molecular weight excluding hydrogens is 216 g/mol. The Hall–Kier alpha value is -1.52. The number of hydrogen-bond acceptors (Lipinski definition) is 5. The Morgan fingerprint density at radius 3 is 2.71 bits per heavy atom. The molecule has 1 aromatic rings. The highest BCUT2D eigenvalue weighted by atomic mass is 16.5. The molecule has 1 saturated carbocycles. The number of nitrogens with two attached hydrogens (primary N) is 1. The van der Waals surface area contributed by atoms with E-state index < -0.39 is 0 Å². The van der Waals surface area contributed by atoms with E-state index in [1.54, 1.807) is 7.11 Å². The van der Waals surface area contributed by atoms with E-state index >= 15 is 0 Å². The summed E-state index contributed by atoms with van der Waals surface area (Å²) < 4.78 is 5.08. The van der Waals surface area contributed by atoms with Gasteiger partial charge in [-0.15, -0.1) is 0 Å². The van der Waals surface area contributed by atoms with Gasteiger partial charge in [0.2, 0.25) is 5.88 Å². The topological polar surface area (TPSA) is 73.1 Å². The monoisotopic (exact) mass is 236 g/mol. The van der Waals surface area contributed by atoms with Crippen LogP contribution in [0.25, 0.3) is 0 Å². The molecule has 0 aromatic carbocycles. The minimum Gasteiger partial charge on any atom is -0.479 e. The van der Waals surface area contributed by atoms with Crippen LogP contribution in [0.4, 0.5) is 11.5 Å². The minimum absolute atomic E-state index is 0.432. The van der Waals surface area contributed by atoms with Gasteiger partial charge in [0.25, 0.3) is 0 Å². The fourth-order valence-corrected chi connectivity index (χ4v) is 2.40. The molecule has 1 heterocycles. The molecule has 0 saturated heterocycles. The van der Waals surface area contributed by atoms with Crippen molar-refractivity contribution >= 4 is 11.5 Å². The van der Waals surface area contributed by atoms with Crippen molar-refractivity contribution in [3.8, 4) is 5.88 Å². The number of rotatable bonds is 3. The summed E-state index contributed by atoms with van der Waals surface area (Å²) in [6.45, 7) is 4.56. The first kappa shape index (κ1) is 12.0. The lowest BCUT2D eigenvalue weighted by atomic mass is 9.98. The second-order valence-electron chi connectivity index (χ2n) is 4.81. The zero-order valence-corrected chi connectivity index (χ0v) is 10.6. The van der Waals surface area contributed by atoms with Crippen LogP contribution in [0.3, 0.4) is 0 Å². The van der Waals surface area contributed by atoms with Gasteiger partial charge in [0.1, 0.15) is 12.0 Å². The van der Waals surface area contributed by atoms with Gasteiger partial charge in [-0.05, 0) is 24.7 Å². The van der Waals surface area contributed by atoms with E-state index in [9.17, 15) is 0 Å². The average Bonchev–Trinajstić information content (AvgIpc) is 2.64. The average molecular weight is 236 g/mol. The van der Waals surface area contributed by atoms with Crippen molar-refractivity contribution in [1.29, 1.82) is 0 Å². The highest BCUT2D eigenvalue weighted by Gasteiger charge is 2.30. The second kappa shape index (κ2) is 4.77. The van der Waals surface area contributed by atoms with Gasteiger partial charge >= 0.3 is 0 Å². The second-order valence-corrected chi connectivity index (χ2v) is 4.81. The van der Waals surface area contributed by atoms with E-state index in [0.717, 1.165) is 12.3 Å². The normalized spacial score (nSPS) is 28.1. The SMILES string of the molecule is COc1ncnc(NC2CCC(C)C2C)c1N. The molecule has 0 aliphatic heterocycles. The zero-order valence-electron chi connectivity index (χ0n) is 10.6. The molecule has 17 heavy (non-hydrogen) atoms. The third-order valence-electron chi connectivity index (χ3n) is 3.83. The number of nitrogen functional groups attached to an aromatic ring is 1. The van der Waals surface area contributed by atoms with E-state index in [2.05, 4.69) is 29.1 Å². The van der Waals surface area contributed by atoms with Gasteiger partial charge in [0, 0.05) is 6.04 Å². The molecule has 3 unspecified atom stereocenters. The molecule has 1 aliphatic rings. The molecule has 3 N–H and O–H groups in total. The Balaban J connectivity index is 2.14. The quantitative estimate of drug-likeness (QED) is 0.838. The van der Waals surface area contributed by atoms with Gasteiger partial charge in [-0.3, -0.25) is 0 Å². The number of methoxy groups -OCH3 is 1. The summed E-state index contributed by atoms with van der Waals surface area (Å²) in [4.78, 5) is 8.15. The Morgan fingerprint density at radius 1 is 1.35 bits per heavy atom. The van der Waals surface area contributed by atoms with Crippen molar-refractivity contribution in [2.75, 3.05) is 18.2 Å². The third kappa shape index (κ3) is 2.28. The summed E-state index contributed by atoms with van der Waals surface area (Å²) in [5.41, 5.74) is 6.43. The summed E-state index contributed by atoms with van der Waals surface area (Å²) in [7, 11) is 1.56. The fourth-order valence-electron chi connectivity index (χ4n) is 2.40. The fraction of sp³-hybridized carbons (Fsp3) is 0.667. The van der Waals surface area contributed by atoms with E-state index in [-0.39, 0.29) is 0 Å². The number of nitrogens with one attached hydrogen (secondary N) is 1. The summed E-state index contributed by atoms with van der Waals surface area (Å²) >= 11 is 0. The number of aromatic nitrogens is 2.